The van der Waals surface area contributed by atoms with Crippen LogP contribution in [0.5, 0.6) is 11.5 Å². The molecule has 7 nitrogen and oxygen atoms in total. The van der Waals surface area contributed by atoms with Crippen LogP contribution in [0.3, 0.4) is 0 Å². The lowest BCUT2D eigenvalue weighted by Crippen LogP contribution is -2.50. The van der Waals surface area contributed by atoms with Gasteiger partial charge in [-0.1, -0.05) is 6.07 Å². The highest BCUT2D eigenvalue weighted by Crippen LogP contribution is 2.32. The minimum Gasteiger partial charge on any atom is -0.454 e. The molecule has 0 saturated carbocycles. The van der Waals surface area contributed by atoms with Gasteiger partial charge in [0.15, 0.2) is 11.5 Å². The van der Waals surface area contributed by atoms with Crippen molar-refractivity contribution in [2.75, 3.05) is 40.0 Å². The number of ether oxygens (including phenoxy) is 2. The van der Waals surface area contributed by atoms with Gasteiger partial charge < -0.3 is 14.8 Å². The second-order valence-corrected chi connectivity index (χ2v) is 7.14. The maximum absolute atomic E-state index is 12.5. The fourth-order valence-electron chi connectivity index (χ4n) is 2.45. The van der Waals surface area contributed by atoms with Crippen molar-refractivity contribution in [2.45, 2.75) is 6.54 Å². The van der Waals surface area contributed by atoms with E-state index in [0.717, 1.165) is 5.56 Å². The maximum Gasteiger partial charge on any atom is 0.282 e. The van der Waals surface area contributed by atoms with E-state index >= 15 is 0 Å². The molecule has 0 radical (unpaired) electrons. The average Bonchev–Trinajstić information content (AvgIpc) is 2.95. The first kappa shape index (κ1) is 14.6. The summed E-state index contributed by atoms with van der Waals surface area (Å²) < 4.78 is 38.4. The molecular weight excluding hydrogens is 294 g/mol. The number of fused-ring (bicyclic) bond motifs is 1. The molecule has 1 aromatic rings. The van der Waals surface area contributed by atoms with Gasteiger partial charge in [-0.05, 0) is 17.7 Å². The summed E-state index contributed by atoms with van der Waals surface area (Å²) >= 11 is 0. The molecule has 21 heavy (non-hydrogen) atoms. The van der Waals surface area contributed by atoms with E-state index in [2.05, 4.69) is 5.32 Å². The van der Waals surface area contributed by atoms with Crippen LogP contribution in [0, 0.1) is 0 Å². The Morgan fingerprint density at radius 1 is 1.24 bits per heavy atom. The Kier molecular flexibility index (Phi) is 4.03. The molecule has 3 rings (SSSR count). The first-order valence-corrected chi connectivity index (χ1v) is 8.28. The van der Waals surface area contributed by atoms with E-state index in [9.17, 15) is 8.42 Å². The summed E-state index contributed by atoms with van der Waals surface area (Å²) in [6.45, 7) is 2.92. The highest BCUT2D eigenvalue weighted by atomic mass is 32.2. The lowest BCUT2D eigenvalue weighted by molar-refractivity contribution is 0.174. The Morgan fingerprint density at radius 3 is 2.71 bits per heavy atom. The van der Waals surface area contributed by atoms with Crippen LogP contribution in [-0.4, -0.2) is 57.0 Å². The fourth-order valence-corrected chi connectivity index (χ4v) is 3.80. The largest absolute Gasteiger partial charge is 0.454 e. The molecule has 0 aliphatic carbocycles. The lowest BCUT2D eigenvalue weighted by Gasteiger charge is -2.30. The summed E-state index contributed by atoms with van der Waals surface area (Å²) in [5, 5.41) is 3.15. The number of benzene rings is 1. The van der Waals surface area contributed by atoms with Crippen LogP contribution in [0.4, 0.5) is 0 Å². The molecule has 1 saturated heterocycles. The normalized spacial score (nSPS) is 19.1. The molecule has 0 spiro atoms. The van der Waals surface area contributed by atoms with Crippen molar-refractivity contribution in [3.8, 4) is 11.5 Å². The van der Waals surface area contributed by atoms with Gasteiger partial charge in [-0.15, -0.1) is 0 Å². The average molecular weight is 313 g/mol. The minimum atomic E-state index is -3.42. The van der Waals surface area contributed by atoms with Crippen LogP contribution < -0.4 is 14.8 Å². The molecule has 0 bridgehead atoms. The van der Waals surface area contributed by atoms with Crippen LogP contribution in [0.2, 0.25) is 0 Å². The van der Waals surface area contributed by atoms with Crippen LogP contribution in [0.15, 0.2) is 18.2 Å². The van der Waals surface area contributed by atoms with Crippen molar-refractivity contribution >= 4 is 10.2 Å². The molecule has 2 heterocycles. The van der Waals surface area contributed by atoms with Gasteiger partial charge in [-0.3, -0.25) is 0 Å². The van der Waals surface area contributed by atoms with Crippen LogP contribution >= 0.6 is 0 Å². The summed E-state index contributed by atoms with van der Waals surface area (Å²) in [5.74, 6) is 1.37. The second-order valence-electron chi connectivity index (χ2n) is 5.10. The van der Waals surface area contributed by atoms with Crippen molar-refractivity contribution in [3.05, 3.63) is 23.8 Å². The first-order chi connectivity index (χ1) is 10.1. The van der Waals surface area contributed by atoms with Gasteiger partial charge in [0.05, 0.1) is 0 Å². The van der Waals surface area contributed by atoms with Gasteiger partial charge in [-0.2, -0.15) is 17.0 Å². The van der Waals surface area contributed by atoms with E-state index in [4.69, 9.17) is 9.47 Å². The molecule has 1 aromatic carbocycles. The topological polar surface area (TPSA) is 71.1 Å². The quantitative estimate of drug-likeness (QED) is 0.847. The van der Waals surface area contributed by atoms with Gasteiger partial charge >= 0.3 is 0 Å². The Hall–Kier alpha value is -1.35. The van der Waals surface area contributed by atoms with Gasteiger partial charge in [0.2, 0.25) is 6.79 Å². The van der Waals surface area contributed by atoms with Gasteiger partial charge in [-0.25, -0.2) is 0 Å². The Labute approximate surface area is 124 Å². The molecular formula is C13H19N3O4S. The predicted octanol–water partition coefficient (Wildman–Crippen LogP) is -0.00290. The molecule has 2 aliphatic heterocycles. The zero-order chi connectivity index (χ0) is 14.9. The van der Waals surface area contributed by atoms with Crippen LogP contribution in [-0.2, 0) is 16.8 Å². The number of rotatable bonds is 4. The number of hydrogen-bond donors (Lipinski definition) is 1. The summed E-state index contributed by atoms with van der Waals surface area (Å²) in [7, 11) is -1.82. The van der Waals surface area contributed by atoms with Crippen molar-refractivity contribution in [1.82, 2.24) is 13.9 Å². The predicted molar refractivity (Wildman–Crippen MR) is 77.4 cm³/mol. The van der Waals surface area contributed by atoms with E-state index < -0.39 is 10.2 Å². The molecule has 1 fully saturated rings. The third-order valence-electron chi connectivity index (χ3n) is 3.64. The molecule has 0 amide bonds. The van der Waals surface area contributed by atoms with E-state index in [1.807, 2.05) is 18.2 Å². The molecule has 2 aliphatic rings. The molecule has 0 atom stereocenters. The number of nitrogens with one attached hydrogen (secondary N) is 1. The Bertz CT molecular complexity index is 614. The molecule has 1 N–H and O–H groups in total. The van der Waals surface area contributed by atoms with E-state index in [0.29, 0.717) is 44.2 Å². The molecule has 116 valence electrons. The van der Waals surface area contributed by atoms with E-state index in [1.165, 1.54) is 8.61 Å². The fraction of sp³-hybridized carbons (Fsp3) is 0.538. The monoisotopic (exact) mass is 313 g/mol. The highest BCUT2D eigenvalue weighted by molar-refractivity contribution is 7.86. The van der Waals surface area contributed by atoms with E-state index in [1.54, 1.807) is 7.05 Å². The second kappa shape index (κ2) is 5.80. The van der Waals surface area contributed by atoms with Crippen molar-refractivity contribution < 1.29 is 17.9 Å². The third-order valence-corrected chi connectivity index (χ3v) is 5.57. The zero-order valence-corrected chi connectivity index (χ0v) is 12.7. The first-order valence-electron chi connectivity index (χ1n) is 6.88. The summed E-state index contributed by atoms with van der Waals surface area (Å²) in [5.41, 5.74) is 0.875. The highest BCUT2D eigenvalue weighted by Gasteiger charge is 2.28. The maximum atomic E-state index is 12.5. The number of nitrogens with zero attached hydrogens (tertiary/aromatic N) is 2. The standard InChI is InChI=1S/C13H19N3O4S/c1-15(21(17,18)16-6-4-14-5-7-16)9-11-2-3-12-13(8-11)20-10-19-12/h2-3,8,14H,4-7,9-10H2,1H3. The van der Waals surface area contributed by atoms with Crippen molar-refractivity contribution in [1.29, 1.82) is 0 Å². The van der Waals surface area contributed by atoms with Gasteiger partial charge in [0.25, 0.3) is 10.2 Å². The van der Waals surface area contributed by atoms with Crippen LogP contribution in [0.1, 0.15) is 5.56 Å². The summed E-state index contributed by atoms with van der Waals surface area (Å²) in [6, 6.07) is 5.49. The van der Waals surface area contributed by atoms with Crippen molar-refractivity contribution in [2.24, 2.45) is 0 Å². The summed E-state index contributed by atoms with van der Waals surface area (Å²) in [6.07, 6.45) is 0. The van der Waals surface area contributed by atoms with E-state index in [-0.39, 0.29) is 6.79 Å². The van der Waals surface area contributed by atoms with Gasteiger partial charge in [0.1, 0.15) is 0 Å². The van der Waals surface area contributed by atoms with Gasteiger partial charge in [0, 0.05) is 39.8 Å². The molecule has 0 unspecified atom stereocenters. The minimum absolute atomic E-state index is 0.216. The smallest absolute Gasteiger partial charge is 0.282 e. The Balaban J connectivity index is 1.71. The molecule has 8 heteroatoms. The van der Waals surface area contributed by atoms with Crippen LogP contribution in [0.25, 0.3) is 0 Å². The molecule has 0 aromatic heterocycles. The lowest BCUT2D eigenvalue weighted by atomic mass is 10.2. The summed E-state index contributed by atoms with van der Waals surface area (Å²) in [4.78, 5) is 0. The Morgan fingerprint density at radius 2 is 1.95 bits per heavy atom. The SMILES string of the molecule is CN(Cc1ccc2c(c1)OCO2)S(=O)(=O)N1CCNCC1. The number of piperazine rings is 1. The van der Waals surface area contributed by atoms with Crippen molar-refractivity contribution in [3.63, 3.8) is 0 Å². The zero-order valence-electron chi connectivity index (χ0n) is 11.9. The third kappa shape index (κ3) is 2.98. The number of hydrogen-bond acceptors (Lipinski definition) is 5.